The van der Waals surface area contributed by atoms with Crippen molar-refractivity contribution < 1.29 is 19.1 Å². The Morgan fingerprint density at radius 1 is 1.17 bits per heavy atom. The van der Waals surface area contributed by atoms with Gasteiger partial charge in [0.15, 0.2) is 0 Å². The standard InChI is InChI=1S/C13H19O4P/c14-18(15,16)12-5-4-10-17-11-6-9-13-7-2-1-3-8-13/h1-3,6-9H,4-5,10-12H2,(H2,14,15,16). The Morgan fingerprint density at radius 2 is 1.89 bits per heavy atom. The molecule has 5 heteroatoms. The van der Waals surface area contributed by atoms with Gasteiger partial charge in [0.1, 0.15) is 0 Å². The van der Waals surface area contributed by atoms with Gasteiger partial charge in [0, 0.05) is 12.8 Å². The Balaban J connectivity index is 2.02. The van der Waals surface area contributed by atoms with Crippen molar-refractivity contribution in [1.82, 2.24) is 0 Å². The highest BCUT2D eigenvalue weighted by Crippen LogP contribution is 2.35. The van der Waals surface area contributed by atoms with E-state index < -0.39 is 7.60 Å². The fourth-order valence-electron chi connectivity index (χ4n) is 1.42. The molecule has 0 saturated carbocycles. The van der Waals surface area contributed by atoms with Crippen LogP contribution in [-0.2, 0) is 9.30 Å². The van der Waals surface area contributed by atoms with E-state index in [1.165, 1.54) is 0 Å². The summed E-state index contributed by atoms with van der Waals surface area (Å²) in [5.41, 5.74) is 1.13. The molecule has 0 aliphatic carbocycles. The zero-order valence-electron chi connectivity index (χ0n) is 10.2. The lowest BCUT2D eigenvalue weighted by Gasteiger charge is -2.03. The molecule has 1 rings (SSSR count). The lowest BCUT2D eigenvalue weighted by atomic mass is 10.2. The molecule has 0 unspecified atom stereocenters. The summed E-state index contributed by atoms with van der Waals surface area (Å²) in [4.78, 5) is 17.3. The summed E-state index contributed by atoms with van der Waals surface area (Å²) < 4.78 is 15.9. The maximum atomic E-state index is 10.6. The molecule has 0 heterocycles. The third-order valence-corrected chi connectivity index (χ3v) is 3.21. The molecule has 0 aliphatic rings. The first-order valence-corrected chi connectivity index (χ1v) is 7.71. The van der Waals surface area contributed by atoms with Gasteiger partial charge in [-0.25, -0.2) is 0 Å². The number of benzene rings is 1. The molecule has 100 valence electrons. The van der Waals surface area contributed by atoms with E-state index in [4.69, 9.17) is 14.5 Å². The lowest BCUT2D eigenvalue weighted by molar-refractivity contribution is 0.159. The quantitative estimate of drug-likeness (QED) is 0.563. The monoisotopic (exact) mass is 270 g/mol. The van der Waals surface area contributed by atoms with Crippen molar-refractivity contribution in [3.63, 3.8) is 0 Å². The van der Waals surface area contributed by atoms with Crippen LogP contribution in [0.5, 0.6) is 0 Å². The van der Waals surface area contributed by atoms with Gasteiger partial charge in [-0.3, -0.25) is 4.57 Å². The Kier molecular flexibility index (Phi) is 6.91. The zero-order chi connectivity index (χ0) is 13.3. The number of ether oxygens (including phenoxy) is 1. The molecule has 0 aliphatic heterocycles. The van der Waals surface area contributed by atoms with Crippen molar-refractivity contribution in [2.45, 2.75) is 12.8 Å². The van der Waals surface area contributed by atoms with Gasteiger partial charge < -0.3 is 14.5 Å². The van der Waals surface area contributed by atoms with Gasteiger partial charge in [-0.15, -0.1) is 0 Å². The van der Waals surface area contributed by atoms with E-state index >= 15 is 0 Å². The van der Waals surface area contributed by atoms with Gasteiger partial charge in [-0.05, 0) is 18.4 Å². The number of hydrogen-bond acceptors (Lipinski definition) is 2. The normalized spacial score (nSPS) is 12.1. The molecule has 0 radical (unpaired) electrons. The van der Waals surface area contributed by atoms with Crippen LogP contribution in [0.15, 0.2) is 36.4 Å². The van der Waals surface area contributed by atoms with Crippen molar-refractivity contribution in [1.29, 1.82) is 0 Å². The van der Waals surface area contributed by atoms with E-state index in [2.05, 4.69) is 0 Å². The molecular formula is C13H19O4P. The van der Waals surface area contributed by atoms with E-state index in [0.29, 0.717) is 26.1 Å². The average Bonchev–Trinajstić information content (AvgIpc) is 2.32. The SMILES string of the molecule is O=P(O)(O)CCCCOCC=Cc1ccccc1. The van der Waals surface area contributed by atoms with Crippen molar-refractivity contribution in [3.05, 3.63) is 42.0 Å². The summed E-state index contributed by atoms with van der Waals surface area (Å²) in [6.45, 7) is 1.05. The zero-order valence-corrected chi connectivity index (χ0v) is 11.1. The molecule has 0 saturated heterocycles. The fraction of sp³-hybridized carbons (Fsp3) is 0.385. The minimum Gasteiger partial charge on any atom is -0.377 e. The van der Waals surface area contributed by atoms with Gasteiger partial charge in [-0.2, -0.15) is 0 Å². The maximum Gasteiger partial charge on any atom is 0.325 e. The molecule has 1 aromatic rings. The van der Waals surface area contributed by atoms with Crippen molar-refractivity contribution in [3.8, 4) is 0 Å². The Hall–Kier alpha value is -0.930. The molecular weight excluding hydrogens is 251 g/mol. The summed E-state index contributed by atoms with van der Waals surface area (Å²) in [5, 5.41) is 0. The van der Waals surface area contributed by atoms with Gasteiger partial charge in [0.2, 0.25) is 0 Å². The largest absolute Gasteiger partial charge is 0.377 e. The molecule has 4 nitrogen and oxygen atoms in total. The molecule has 0 bridgehead atoms. The highest BCUT2D eigenvalue weighted by Gasteiger charge is 2.10. The van der Waals surface area contributed by atoms with Gasteiger partial charge >= 0.3 is 7.60 Å². The molecule has 0 amide bonds. The molecule has 2 N–H and O–H groups in total. The topological polar surface area (TPSA) is 66.8 Å². The average molecular weight is 270 g/mol. The van der Waals surface area contributed by atoms with E-state index in [0.717, 1.165) is 5.56 Å². The smallest absolute Gasteiger partial charge is 0.325 e. The predicted octanol–water partition coefficient (Wildman–Crippen LogP) is 2.67. The van der Waals surface area contributed by atoms with Crippen molar-refractivity contribution >= 4 is 13.7 Å². The van der Waals surface area contributed by atoms with E-state index in [-0.39, 0.29) is 6.16 Å². The highest BCUT2D eigenvalue weighted by molar-refractivity contribution is 7.51. The van der Waals surface area contributed by atoms with Crippen LogP contribution in [0.3, 0.4) is 0 Å². The van der Waals surface area contributed by atoms with Gasteiger partial charge in [0.25, 0.3) is 0 Å². The fourth-order valence-corrected chi connectivity index (χ4v) is 2.06. The first-order chi connectivity index (χ1) is 8.58. The first-order valence-electron chi connectivity index (χ1n) is 5.92. The first kappa shape index (κ1) is 15.1. The predicted molar refractivity (Wildman–Crippen MR) is 72.4 cm³/mol. The van der Waals surface area contributed by atoms with Crippen LogP contribution in [-0.4, -0.2) is 29.2 Å². The summed E-state index contributed by atoms with van der Waals surface area (Å²) in [5.74, 6) is 0. The van der Waals surface area contributed by atoms with Crippen LogP contribution in [0.25, 0.3) is 6.08 Å². The van der Waals surface area contributed by atoms with Crippen molar-refractivity contribution in [2.75, 3.05) is 19.4 Å². The molecule has 0 spiro atoms. The van der Waals surface area contributed by atoms with Gasteiger partial charge in [0.05, 0.1) is 6.61 Å². The molecule has 1 aromatic carbocycles. The van der Waals surface area contributed by atoms with Crippen LogP contribution < -0.4 is 0 Å². The third-order valence-electron chi connectivity index (χ3n) is 2.31. The van der Waals surface area contributed by atoms with Crippen molar-refractivity contribution in [2.24, 2.45) is 0 Å². The molecule has 0 fully saturated rings. The number of hydrogen-bond donors (Lipinski definition) is 2. The van der Waals surface area contributed by atoms with Crippen LogP contribution in [0.2, 0.25) is 0 Å². The number of unbranched alkanes of at least 4 members (excludes halogenated alkanes) is 1. The van der Waals surface area contributed by atoms with Crippen LogP contribution in [0, 0.1) is 0 Å². The maximum absolute atomic E-state index is 10.6. The van der Waals surface area contributed by atoms with E-state index in [1.807, 2.05) is 42.5 Å². The Morgan fingerprint density at radius 3 is 2.56 bits per heavy atom. The Bertz CT molecular complexity index is 397. The molecule has 0 aromatic heterocycles. The number of rotatable bonds is 8. The summed E-state index contributed by atoms with van der Waals surface area (Å²) in [6, 6.07) is 9.94. The second kappa shape index (κ2) is 8.22. The van der Waals surface area contributed by atoms with Crippen LogP contribution in [0.4, 0.5) is 0 Å². The molecule has 18 heavy (non-hydrogen) atoms. The van der Waals surface area contributed by atoms with E-state index in [1.54, 1.807) is 0 Å². The van der Waals surface area contributed by atoms with Gasteiger partial charge in [-0.1, -0.05) is 42.5 Å². The second-order valence-electron chi connectivity index (χ2n) is 3.98. The van der Waals surface area contributed by atoms with Crippen LogP contribution in [0.1, 0.15) is 18.4 Å². The highest BCUT2D eigenvalue weighted by atomic mass is 31.2. The summed E-state index contributed by atoms with van der Waals surface area (Å²) in [7, 11) is -3.84. The molecule has 0 atom stereocenters. The van der Waals surface area contributed by atoms with Crippen LogP contribution >= 0.6 is 7.60 Å². The second-order valence-corrected chi connectivity index (χ2v) is 5.76. The minimum absolute atomic E-state index is 0.0593. The minimum atomic E-state index is -3.84. The third kappa shape index (κ3) is 8.20. The Labute approximate surface area is 107 Å². The summed E-state index contributed by atoms with van der Waals surface area (Å²) >= 11 is 0. The summed E-state index contributed by atoms with van der Waals surface area (Å²) in [6.07, 6.45) is 5.02. The lowest BCUT2D eigenvalue weighted by Crippen LogP contribution is -1.96. The van der Waals surface area contributed by atoms with E-state index in [9.17, 15) is 4.57 Å².